The molecule has 1 heterocycles. The van der Waals surface area contributed by atoms with E-state index in [1.54, 1.807) is 19.1 Å². The van der Waals surface area contributed by atoms with Crippen molar-refractivity contribution in [2.75, 3.05) is 6.26 Å². The number of benzene rings is 2. The topological polar surface area (TPSA) is 108 Å². The number of nitrogens with one attached hydrogen (secondary N) is 1. The highest BCUT2D eigenvalue weighted by molar-refractivity contribution is 7.85. The number of amides is 1. The van der Waals surface area contributed by atoms with Crippen LogP contribution in [0.3, 0.4) is 0 Å². The Morgan fingerprint density at radius 3 is 2.47 bits per heavy atom. The number of oxime groups is 1. The fraction of sp³-hybridized carbons (Fsp3) is 0.364. The molecular weight excluding hydrogens is 442 g/mol. The second-order valence-corrected chi connectivity index (χ2v) is 9.30. The summed E-state index contributed by atoms with van der Waals surface area (Å²) in [6.07, 6.45) is 0.797. The fourth-order valence-corrected chi connectivity index (χ4v) is 4.43. The molecule has 10 heteroatoms. The lowest BCUT2D eigenvalue weighted by molar-refractivity contribution is -0.129. The van der Waals surface area contributed by atoms with Gasteiger partial charge < -0.3 is 9.94 Å². The summed E-state index contributed by atoms with van der Waals surface area (Å²) in [7, 11) is -1.53. The maximum atomic E-state index is 14.8. The Balaban J connectivity index is 1.74. The largest absolute Gasteiger partial charge is 0.393 e. The van der Waals surface area contributed by atoms with E-state index in [2.05, 4.69) is 5.16 Å². The summed E-state index contributed by atoms with van der Waals surface area (Å²) in [5, 5.41) is 21.2. The standard InChI is InChI=1S/C22H24F2N2O5S/c1-12(27)7-13-3-5-16(18(23)8-13)17-6-4-14(9-19(17)24)20-10-15(31-26-20)11-21(32(2)30)22(28)25-29/h3-6,8-9,12,15,21,27,29H,7,10-11H2,1-2H3,(H,25,28). The first-order valence-electron chi connectivity index (χ1n) is 9.95. The number of aliphatic hydroxyl groups is 1. The highest BCUT2D eigenvalue weighted by Gasteiger charge is 2.31. The van der Waals surface area contributed by atoms with Gasteiger partial charge in [0.1, 0.15) is 23.0 Å². The molecule has 0 saturated carbocycles. The van der Waals surface area contributed by atoms with Gasteiger partial charge >= 0.3 is 0 Å². The highest BCUT2D eigenvalue weighted by Crippen LogP contribution is 2.29. The summed E-state index contributed by atoms with van der Waals surface area (Å²) >= 11 is 0. The van der Waals surface area contributed by atoms with Crippen LogP contribution in [0.25, 0.3) is 11.1 Å². The van der Waals surface area contributed by atoms with Crippen LogP contribution in [0, 0.1) is 11.6 Å². The lowest BCUT2D eigenvalue weighted by Crippen LogP contribution is -2.37. The quantitative estimate of drug-likeness (QED) is 0.410. The third-order valence-corrected chi connectivity index (χ3v) is 6.38. The zero-order valence-electron chi connectivity index (χ0n) is 17.5. The van der Waals surface area contributed by atoms with Crippen molar-refractivity contribution in [3.8, 4) is 11.1 Å². The van der Waals surface area contributed by atoms with Crippen molar-refractivity contribution in [1.29, 1.82) is 0 Å². The minimum Gasteiger partial charge on any atom is -0.393 e. The van der Waals surface area contributed by atoms with Crippen LogP contribution in [0.15, 0.2) is 41.6 Å². The van der Waals surface area contributed by atoms with Crippen LogP contribution in [-0.4, -0.2) is 49.9 Å². The molecule has 4 atom stereocenters. The molecule has 4 unspecified atom stereocenters. The Labute approximate surface area is 186 Å². The zero-order valence-corrected chi connectivity index (χ0v) is 18.4. The number of carbonyl (C=O) groups excluding carboxylic acids is 1. The minimum atomic E-state index is -1.53. The number of halogens is 2. The monoisotopic (exact) mass is 466 g/mol. The van der Waals surface area contributed by atoms with E-state index in [9.17, 15) is 22.9 Å². The first kappa shape index (κ1) is 24.0. The van der Waals surface area contributed by atoms with Crippen LogP contribution < -0.4 is 5.48 Å². The Kier molecular flexibility index (Phi) is 7.70. The van der Waals surface area contributed by atoms with Crippen molar-refractivity contribution in [2.24, 2.45) is 5.16 Å². The molecular formula is C22H24F2N2O5S. The first-order chi connectivity index (χ1) is 15.2. The van der Waals surface area contributed by atoms with Crippen LogP contribution >= 0.6 is 0 Å². The van der Waals surface area contributed by atoms with E-state index in [0.717, 1.165) is 0 Å². The summed E-state index contributed by atoms with van der Waals surface area (Å²) in [5.41, 5.74) is 3.19. The number of carbonyl (C=O) groups is 1. The molecule has 0 spiro atoms. The third kappa shape index (κ3) is 5.56. The van der Waals surface area contributed by atoms with Crippen molar-refractivity contribution in [3.63, 3.8) is 0 Å². The lowest BCUT2D eigenvalue weighted by atomic mass is 9.97. The highest BCUT2D eigenvalue weighted by atomic mass is 32.2. The maximum Gasteiger partial charge on any atom is 0.259 e. The Bertz CT molecular complexity index is 1060. The van der Waals surface area contributed by atoms with Crippen molar-refractivity contribution in [1.82, 2.24) is 5.48 Å². The lowest BCUT2D eigenvalue weighted by Gasteiger charge is -2.15. The number of hydrogen-bond acceptors (Lipinski definition) is 6. The smallest absolute Gasteiger partial charge is 0.259 e. The number of hydrogen-bond donors (Lipinski definition) is 3. The number of rotatable bonds is 8. The molecule has 3 rings (SSSR count). The molecule has 0 radical (unpaired) electrons. The van der Waals surface area contributed by atoms with Crippen molar-refractivity contribution in [2.45, 2.75) is 43.6 Å². The van der Waals surface area contributed by atoms with Gasteiger partial charge in [0.2, 0.25) is 0 Å². The van der Waals surface area contributed by atoms with Crippen molar-refractivity contribution < 1.29 is 32.9 Å². The van der Waals surface area contributed by atoms with E-state index in [1.165, 1.54) is 36.0 Å². The predicted octanol–water partition coefficient (Wildman–Crippen LogP) is 2.69. The molecule has 0 bridgehead atoms. The van der Waals surface area contributed by atoms with Gasteiger partial charge in [-0.1, -0.05) is 29.4 Å². The van der Waals surface area contributed by atoms with Crippen LogP contribution in [0.5, 0.6) is 0 Å². The van der Waals surface area contributed by atoms with E-state index in [0.29, 0.717) is 23.3 Å². The molecule has 0 fully saturated rings. The number of aliphatic hydroxyl groups excluding tert-OH is 1. The summed E-state index contributed by atoms with van der Waals surface area (Å²) < 4.78 is 41.1. The van der Waals surface area contributed by atoms with E-state index in [1.807, 2.05) is 0 Å². The SMILES string of the molecule is CC(O)Cc1ccc(-c2ccc(C3=NOC(CC(C(=O)NO)S(C)=O)C3)cc2F)c(F)c1. The number of hydroxylamine groups is 1. The first-order valence-corrected chi connectivity index (χ1v) is 11.6. The van der Waals surface area contributed by atoms with Gasteiger partial charge in [-0.05, 0) is 31.0 Å². The summed E-state index contributed by atoms with van der Waals surface area (Å²) in [4.78, 5) is 17.0. The number of nitrogens with zero attached hydrogens (tertiary/aromatic N) is 1. The van der Waals surface area contributed by atoms with Crippen LogP contribution in [-0.2, 0) is 26.9 Å². The molecule has 2 aromatic rings. The van der Waals surface area contributed by atoms with Gasteiger partial charge in [0.15, 0.2) is 0 Å². The summed E-state index contributed by atoms with van der Waals surface area (Å²) in [6, 6.07) is 8.70. The van der Waals surface area contributed by atoms with E-state index in [-0.39, 0.29) is 24.0 Å². The summed E-state index contributed by atoms with van der Waals surface area (Å²) in [5.74, 6) is -2.00. The van der Waals surface area contributed by atoms with Gasteiger partial charge in [-0.2, -0.15) is 0 Å². The van der Waals surface area contributed by atoms with E-state index in [4.69, 9.17) is 10.0 Å². The Morgan fingerprint density at radius 2 is 1.91 bits per heavy atom. The van der Waals surface area contributed by atoms with Crippen LogP contribution in [0.1, 0.15) is 30.9 Å². The summed E-state index contributed by atoms with van der Waals surface area (Å²) in [6.45, 7) is 1.60. The predicted molar refractivity (Wildman–Crippen MR) is 116 cm³/mol. The molecule has 1 aliphatic rings. The molecule has 32 heavy (non-hydrogen) atoms. The van der Waals surface area contributed by atoms with Gasteiger partial charge in [-0.25, -0.2) is 14.3 Å². The normalized spacial score (nSPS) is 18.4. The fourth-order valence-electron chi connectivity index (χ4n) is 3.59. The van der Waals surface area contributed by atoms with Gasteiger partial charge in [0.05, 0.1) is 11.8 Å². The second kappa shape index (κ2) is 10.3. The van der Waals surface area contributed by atoms with Gasteiger partial charge in [-0.15, -0.1) is 0 Å². The minimum absolute atomic E-state index is 0.0626. The van der Waals surface area contributed by atoms with Crippen LogP contribution in [0.4, 0.5) is 8.78 Å². The average Bonchev–Trinajstić information content (AvgIpc) is 3.20. The van der Waals surface area contributed by atoms with Crippen LogP contribution in [0.2, 0.25) is 0 Å². The maximum absolute atomic E-state index is 14.8. The average molecular weight is 467 g/mol. The van der Waals surface area contributed by atoms with Gasteiger partial charge in [0, 0.05) is 46.6 Å². The molecule has 172 valence electrons. The molecule has 7 nitrogen and oxygen atoms in total. The zero-order chi connectivity index (χ0) is 23.4. The van der Waals surface area contributed by atoms with Crippen molar-refractivity contribution >= 4 is 22.4 Å². The van der Waals surface area contributed by atoms with Gasteiger partial charge in [0.25, 0.3) is 5.91 Å². The van der Waals surface area contributed by atoms with E-state index < -0.39 is 45.8 Å². The van der Waals surface area contributed by atoms with E-state index >= 15 is 0 Å². The van der Waals surface area contributed by atoms with Gasteiger partial charge in [-0.3, -0.25) is 14.2 Å². The van der Waals surface area contributed by atoms with Crippen molar-refractivity contribution in [3.05, 3.63) is 59.2 Å². The molecule has 0 aliphatic carbocycles. The molecule has 2 aromatic carbocycles. The molecule has 0 aromatic heterocycles. The Morgan fingerprint density at radius 1 is 1.25 bits per heavy atom. The molecule has 0 saturated heterocycles. The third-order valence-electron chi connectivity index (χ3n) is 5.17. The Hall–Kier alpha value is -2.69. The molecule has 1 amide bonds. The molecule has 3 N–H and O–H groups in total. The molecule has 1 aliphatic heterocycles. The second-order valence-electron chi connectivity index (χ2n) is 7.73.